The van der Waals surface area contributed by atoms with Crippen molar-refractivity contribution in [1.82, 2.24) is 4.98 Å². The predicted octanol–water partition coefficient (Wildman–Crippen LogP) is 4.27. The number of hydrogen-bond donors (Lipinski definition) is 1. The van der Waals surface area contributed by atoms with Crippen molar-refractivity contribution in [3.63, 3.8) is 0 Å². The van der Waals surface area contributed by atoms with E-state index in [0.29, 0.717) is 59.7 Å². The fraction of sp³-hybridized carbons (Fsp3) is 0.316. The second-order valence-electron chi connectivity index (χ2n) is 5.35. The van der Waals surface area contributed by atoms with Crippen LogP contribution in [0.25, 0.3) is 22.6 Å². The van der Waals surface area contributed by atoms with Crippen molar-refractivity contribution >= 4 is 16.8 Å². The minimum atomic E-state index is 0.477. The van der Waals surface area contributed by atoms with E-state index < -0.39 is 0 Å². The van der Waals surface area contributed by atoms with Gasteiger partial charge in [0.2, 0.25) is 11.6 Å². The first-order valence-electron chi connectivity index (χ1n) is 8.39. The van der Waals surface area contributed by atoms with Gasteiger partial charge >= 0.3 is 0 Å². The molecule has 132 valence electrons. The van der Waals surface area contributed by atoms with E-state index >= 15 is 0 Å². The highest BCUT2D eigenvalue weighted by molar-refractivity contribution is 5.80. The molecule has 0 fully saturated rings. The van der Waals surface area contributed by atoms with Crippen molar-refractivity contribution < 1.29 is 18.6 Å². The van der Waals surface area contributed by atoms with Crippen LogP contribution in [0, 0.1) is 0 Å². The van der Waals surface area contributed by atoms with Gasteiger partial charge < -0.3 is 24.4 Å². The fourth-order valence-electron chi connectivity index (χ4n) is 2.58. The Balaban J connectivity index is 2.12. The molecule has 3 aromatic rings. The number of oxazole rings is 1. The first kappa shape index (κ1) is 17.0. The molecule has 3 rings (SSSR count). The molecule has 25 heavy (non-hydrogen) atoms. The molecule has 0 bridgehead atoms. The van der Waals surface area contributed by atoms with Crippen molar-refractivity contribution in [1.29, 1.82) is 0 Å². The van der Waals surface area contributed by atoms with Gasteiger partial charge in [-0.3, -0.25) is 0 Å². The Labute approximate surface area is 146 Å². The molecule has 0 radical (unpaired) electrons. The van der Waals surface area contributed by atoms with E-state index in [1.807, 2.05) is 39.0 Å². The van der Waals surface area contributed by atoms with Gasteiger partial charge in [-0.15, -0.1) is 0 Å². The van der Waals surface area contributed by atoms with Gasteiger partial charge in [0.05, 0.1) is 19.8 Å². The smallest absolute Gasteiger partial charge is 0.227 e. The summed E-state index contributed by atoms with van der Waals surface area (Å²) >= 11 is 0. The van der Waals surface area contributed by atoms with Gasteiger partial charge in [-0.05, 0) is 51.1 Å². The van der Waals surface area contributed by atoms with Gasteiger partial charge in [0, 0.05) is 11.3 Å². The number of benzene rings is 2. The van der Waals surface area contributed by atoms with Crippen molar-refractivity contribution in [3.05, 3.63) is 30.3 Å². The Morgan fingerprint density at radius 1 is 0.920 bits per heavy atom. The van der Waals surface area contributed by atoms with Crippen molar-refractivity contribution in [2.45, 2.75) is 20.8 Å². The maximum atomic E-state index is 5.86. The minimum absolute atomic E-state index is 0.477. The molecule has 0 atom stereocenters. The van der Waals surface area contributed by atoms with Crippen LogP contribution in [0.3, 0.4) is 0 Å². The highest BCUT2D eigenvalue weighted by Crippen LogP contribution is 2.42. The summed E-state index contributed by atoms with van der Waals surface area (Å²) in [5, 5.41) is 0. The van der Waals surface area contributed by atoms with Gasteiger partial charge in [-0.1, -0.05) is 0 Å². The lowest BCUT2D eigenvalue weighted by molar-refractivity contribution is 0.261. The van der Waals surface area contributed by atoms with Crippen LogP contribution in [0.15, 0.2) is 34.7 Å². The van der Waals surface area contributed by atoms with E-state index in [2.05, 4.69) is 4.98 Å². The van der Waals surface area contributed by atoms with E-state index in [4.69, 9.17) is 24.4 Å². The number of nitrogens with zero attached hydrogens (tertiary/aromatic N) is 1. The van der Waals surface area contributed by atoms with Crippen molar-refractivity contribution in [2.75, 3.05) is 25.6 Å². The Hall–Kier alpha value is -2.89. The van der Waals surface area contributed by atoms with Crippen LogP contribution >= 0.6 is 0 Å². The van der Waals surface area contributed by atoms with E-state index in [1.165, 1.54) is 0 Å². The topological polar surface area (TPSA) is 79.7 Å². The van der Waals surface area contributed by atoms with E-state index in [1.54, 1.807) is 12.1 Å². The summed E-state index contributed by atoms with van der Waals surface area (Å²) in [6, 6.07) is 9.08. The van der Waals surface area contributed by atoms with E-state index in [9.17, 15) is 0 Å². The lowest BCUT2D eigenvalue weighted by Gasteiger charge is -2.16. The molecular weight excluding hydrogens is 320 g/mol. The zero-order chi connectivity index (χ0) is 17.8. The number of hydrogen-bond acceptors (Lipinski definition) is 6. The molecule has 2 N–H and O–H groups in total. The molecule has 6 nitrogen and oxygen atoms in total. The predicted molar refractivity (Wildman–Crippen MR) is 97.4 cm³/mol. The van der Waals surface area contributed by atoms with Gasteiger partial charge in [0.15, 0.2) is 17.1 Å². The molecule has 0 saturated heterocycles. The molecular formula is C19H22N2O4. The zero-order valence-electron chi connectivity index (χ0n) is 14.7. The number of rotatable bonds is 7. The lowest BCUT2D eigenvalue weighted by Crippen LogP contribution is -2.03. The minimum Gasteiger partial charge on any atom is -0.490 e. The van der Waals surface area contributed by atoms with Gasteiger partial charge in [-0.25, -0.2) is 4.98 Å². The first-order valence-corrected chi connectivity index (χ1v) is 8.39. The fourth-order valence-corrected chi connectivity index (χ4v) is 2.58. The van der Waals surface area contributed by atoms with Gasteiger partial charge in [0.1, 0.15) is 5.52 Å². The Morgan fingerprint density at radius 2 is 1.56 bits per heavy atom. The van der Waals surface area contributed by atoms with Gasteiger partial charge in [-0.2, -0.15) is 0 Å². The van der Waals surface area contributed by atoms with Crippen molar-refractivity contribution in [2.24, 2.45) is 0 Å². The third kappa shape index (κ3) is 3.47. The largest absolute Gasteiger partial charge is 0.490 e. The summed E-state index contributed by atoms with van der Waals surface area (Å²) in [7, 11) is 0. The number of aromatic nitrogens is 1. The van der Waals surface area contributed by atoms with Crippen LogP contribution in [-0.4, -0.2) is 24.8 Å². The average molecular weight is 342 g/mol. The summed E-state index contributed by atoms with van der Waals surface area (Å²) < 4.78 is 23.1. The zero-order valence-corrected chi connectivity index (χ0v) is 14.7. The van der Waals surface area contributed by atoms with Crippen LogP contribution in [0.2, 0.25) is 0 Å². The van der Waals surface area contributed by atoms with Crippen LogP contribution in [0.5, 0.6) is 17.2 Å². The quantitative estimate of drug-likeness (QED) is 0.646. The summed E-state index contributed by atoms with van der Waals surface area (Å²) in [6.07, 6.45) is 0. The average Bonchev–Trinajstić information content (AvgIpc) is 3.01. The Bertz CT molecular complexity index is 846. The standard InChI is InChI=1S/C19H22N2O4/c1-4-22-16-9-12(10-17(23-5-2)18(16)24-6-3)19-21-14-11-13(20)7-8-15(14)25-19/h7-11H,4-6,20H2,1-3H3. The third-order valence-corrected chi connectivity index (χ3v) is 3.57. The molecule has 0 aliphatic rings. The lowest BCUT2D eigenvalue weighted by atomic mass is 10.1. The molecule has 0 spiro atoms. The van der Waals surface area contributed by atoms with Crippen LogP contribution in [-0.2, 0) is 0 Å². The number of ether oxygens (including phenoxy) is 3. The summed E-state index contributed by atoms with van der Waals surface area (Å²) in [6.45, 7) is 7.31. The van der Waals surface area contributed by atoms with Crippen LogP contribution in [0.1, 0.15) is 20.8 Å². The molecule has 0 unspecified atom stereocenters. The highest BCUT2D eigenvalue weighted by atomic mass is 16.5. The van der Waals surface area contributed by atoms with Gasteiger partial charge in [0.25, 0.3) is 0 Å². The molecule has 0 aliphatic carbocycles. The first-order chi connectivity index (χ1) is 12.2. The molecule has 0 saturated carbocycles. The van der Waals surface area contributed by atoms with Crippen molar-refractivity contribution in [3.8, 4) is 28.7 Å². The molecule has 1 aromatic heterocycles. The number of nitrogen functional groups attached to an aromatic ring is 1. The maximum Gasteiger partial charge on any atom is 0.227 e. The monoisotopic (exact) mass is 342 g/mol. The van der Waals surface area contributed by atoms with Crippen LogP contribution in [0.4, 0.5) is 5.69 Å². The van der Waals surface area contributed by atoms with E-state index in [0.717, 1.165) is 5.56 Å². The molecule has 2 aromatic carbocycles. The Morgan fingerprint density at radius 3 is 2.16 bits per heavy atom. The molecule has 1 heterocycles. The SMILES string of the molecule is CCOc1cc(-c2nc3cc(N)ccc3o2)cc(OCC)c1OCC. The highest BCUT2D eigenvalue weighted by Gasteiger charge is 2.18. The molecule has 0 aliphatic heterocycles. The maximum absolute atomic E-state index is 5.86. The number of nitrogens with two attached hydrogens (primary N) is 1. The third-order valence-electron chi connectivity index (χ3n) is 3.57. The Kier molecular flexibility index (Phi) is 4.97. The number of fused-ring (bicyclic) bond motifs is 1. The summed E-state index contributed by atoms with van der Waals surface area (Å²) in [5.74, 6) is 2.28. The summed E-state index contributed by atoms with van der Waals surface area (Å²) in [5.41, 5.74) is 8.59. The van der Waals surface area contributed by atoms with E-state index in [-0.39, 0.29) is 0 Å². The second-order valence-corrected chi connectivity index (χ2v) is 5.35. The van der Waals surface area contributed by atoms with Crippen LogP contribution < -0.4 is 19.9 Å². The molecule has 0 amide bonds. The summed E-state index contributed by atoms with van der Waals surface area (Å²) in [4.78, 5) is 4.52. The normalized spacial score (nSPS) is 10.8. The second kappa shape index (κ2) is 7.34. The number of anilines is 1. The molecule has 6 heteroatoms.